The Kier molecular flexibility index (Phi) is 5.33. The molecular weight excluding hydrogens is 308 g/mol. The Bertz CT molecular complexity index is 617. The van der Waals surface area contributed by atoms with Gasteiger partial charge in [-0.1, -0.05) is 17.7 Å². The zero-order valence-corrected chi connectivity index (χ0v) is 14.0. The molecule has 0 bridgehead atoms. The van der Waals surface area contributed by atoms with E-state index in [1.807, 2.05) is 26.0 Å². The third-order valence-electron chi connectivity index (χ3n) is 3.63. The predicted molar refractivity (Wildman–Crippen MR) is 85.1 cm³/mol. The first kappa shape index (κ1) is 16.4. The molecule has 1 atom stereocenters. The van der Waals surface area contributed by atoms with Crippen LogP contribution in [0.25, 0.3) is 0 Å². The highest BCUT2D eigenvalue weighted by Crippen LogP contribution is 2.33. The summed E-state index contributed by atoms with van der Waals surface area (Å²) in [6, 6.07) is 6.96. The van der Waals surface area contributed by atoms with E-state index in [2.05, 4.69) is 0 Å². The maximum Gasteiger partial charge on any atom is 0.206 e. The van der Waals surface area contributed by atoms with Gasteiger partial charge in [0.2, 0.25) is 9.84 Å². The smallest absolute Gasteiger partial charge is 0.206 e. The molecule has 0 saturated heterocycles. The van der Waals surface area contributed by atoms with E-state index in [4.69, 9.17) is 16.3 Å². The molecule has 1 aliphatic heterocycles. The van der Waals surface area contributed by atoms with Crippen molar-refractivity contribution in [2.75, 3.05) is 5.88 Å². The van der Waals surface area contributed by atoms with Gasteiger partial charge in [0.25, 0.3) is 0 Å². The molecule has 0 N–H and O–H groups in total. The highest BCUT2D eigenvalue weighted by Gasteiger charge is 2.29. The molecule has 0 saturated carbocycles. The van der Waals surface area contributed by atoms with Gasteiger partial charge in [-0.05, 0) is 45.2 Å². The van der Waals surface area contributed by atoms with Gasteiger partial charge in [-0.25, -0.2) is 8.42 Å². The lowest BCUT2D eigenvalue weighted by Crippen LogP contribution is -2.20. The SMILES string of the molecule is Cc1ccc(S(=O)(=O)C2=C(CCCCl)O[C@@H](C)CC2)cc1. The Labute approximate surface area is 131 Å². The molecule has 21 heavy (non-hydrogen) atoms. The second-order valence-electron chi connectivity index (χ2n) is 5.42. The second kappa shape index (κ2) is 6.84. The van der Waals surface area contributed by atoms with Crippen molar-refractivity contribution < 1.29 is 13.2 Å². The van der Waals surface area contributed by atoms with Crippen LogP contribution in [0.1, 0.15) is 38.2 Å². The average Bonchev–Trinajstić information content (AvgIpc) is 2.45. The van der Waals surface area contributed by atoms with Gasteiger partial charge in [-0.2, -0.15) is 0 Å². The van der Waals surface area contributed by atoms with Crippen molar-refractivity contribution in [1.29, 1.82) is 0 Å². The number of benzene rings is 1. The zero-order chi connectivity index (χ0) is 15.5. The normalized spacial score (nSPS) is 19.5. The number of allylic oxidation sites excluding steroid dienone is 2. The van der Waals surface area contributed by atoms with Gasteiger partial charge in [0, 0.05) is 12.3 Å². The molecular formula is C16H21ClO3S. The number of hydrogen-bond donors (Lipinski definition) is 0. The minimum absolute atomic E-state index is 0.0623. The maximum atomic E-state index is 12.8. The van der Waals surface area contributed by atoms with Crippen LogP contribution in [0.15, 0.2) is 39.8 Å². The number of sulfone groups is 1. The molecule has 5 heteroatoms. The summed E-state index contributed by atoms with van der Waals surface area (Å²) in [7, 11) is -3.47. The summed E-state index contributed by atoms with van der Waals surface area (Å²) in [5.41, 5.74) is 1.04. The molecule has 0 fully saturated rings. The van der Waals surface area contributed by atoms with Crippen LogP contribution < -0.4 is 0 Å². The van der Waals surface area contributed by atoms with Crippen molar-refractivity contribution in [2.24, 2.45) is 0 Å². The van der Waals surface area contributed by atoms with Gasteiger partial charge in [0.15, 0.2) is 0 Å². The lowest BCUT2D eigenvalue weighted by molar-refractivity contribution is 0.102. The number of ether oxygens (including phenoxy) is 1. The average molecular weight is 329 g/mol. The van der Waals surface area contributed by atoms with Crippen LogP contribution in [0.2, 0.25) is 0 Å². The van der Waals surface area contributed by atoms with Gasteiger partial charge in [0.05, 0.1) is 15.9 Å². The highest BCUT2D eigenvalue weighted by atomic mass is 35.5. The van der Waals surface area contributed by atoms with E-state index in [9.17, 15) is 8.42 Å². The van der Waals surface area contributed by atoms with Crippen molar-refractivity contribution in [1.82, 2.24) is 0 Å². The van der Waals surface area contributed by atoms with E-state index >= 15 is 0 Å². The van der Waals surface area contributed by atoms with Gasteiger partial charge in [-0.3, -0.25) is 0 Å². The highest BCUT2D eigenvalue weighted by molar-refractivity contribution is 7.95. The van der Waals surface area contributed by atoms with E-state index < -0.39 is 9.84 Å². The lowest BCUT2D eigenvalue weighted by atomic mass is 10.1. The molecule has 0 spiro atoms. The van der Waals surface area contributed by atoms with Crippen molar-refractivity contribution >= 4 is 21.4 Å². The van der Waals surface area contributed by atoms with Crippen LogP contribution in [0, 0.1) is 6.92 Å². The number of aryl methyl sites for hydroxylation is 1. The third-order valence-corrected chi connectivity index (χ3v) is 5.87. The summed E-state index contributed by atoms with van der Waals surface area (Å²) in [4.78, 5) is 0.763. The molecule has 2 rings (SSSR count). The molecule has 0 aliphatic carbocycles. The number of alkyl halides is 1. The molecule has 1 aromatic carbocycles. The summed E-state index contributed by atoms with van der Waals surface area (Å²) in [6.45, 7) is 3.91. The van der Waals surface area contributed by atoms with E-state index in [-0.39, 0.29) is 6.10 Å². The molecule has 1 aliphatic rings. The molecule has 1 aromatic rings. The number of halogens is 1. The van der Waals surface area contributed by atoms with Crippen LogP contribution in [-0.2, 0) is 14.6 Å². The van der Waals surface area contributed by atoms with Gasteiger partial charge >= 0.3 is 0 Å². The minimum atomic E-state index is -3.47. The van der Waals surface area contributed by atoms with Crippen molar-refractivity contribution in [3.05, 3.63) is 40.5 Å². The van der Waals surface area contributed by atoms with Crippen molar-refractivity contribution in [2.45, 2.75) is 50.5 Å². The van der Waals surface area contributed by atoms with Crippen LogP contribution in [0.5, 0.6) is 0 Å². The summed E-state index contributed by atoms with van der Waals surface area (Å²) >= 11 is 5.73. The minimum Gasteiger partial charge on any atom is -0.494 e. The van der Waals surface area contributed by atoms with Crippen LogP contribution in [0.3, 0.4) is 0 Å². The molecule has 0 amide bonds. The Balaban J connectivity index is 2.41. The maximum absolute atomic E-state index is 12.8. The van der Waals surface area contributed by atoms with Crippen LogP contribution in [0.4, 0.5) is 0 Å². The van der Waals surface area contributed by atoms with Crippen molar-refractivity contribution in [3.8, 4) is 0 Å². The Morgan fingerprint density at radius 3 is 2.57 bits per heavy atom. The number of hydrogen-bond acceptors (Lipinski definition) is 3. The third kappa shape index (κ3) is 3.80. The van der Waals surface area contributed by atoms with E-state index in [0.717, 1.165) is 18.4 Å². The van der Waals surface area contributed by atoms with Crippen molar-refractivity contribution in [3.63, 3.8) is 0 Å². The monoisotopic (exact) mass is 328 g/mol. The molecule has 3 nitrogen and oxygen atoms in total. The Morgan fingerprint density at radius 2 is 1.95 bits per heavy atom. The van der Waals surface area contributed by atoms with Gasteiger partial charge in [0.1, 0.15) is 5.76 Å². The van der Waals surface area contributed by atoms with E-state index in [0.29, 0.717) is 34.3 Å². The summed E-state index contributed by atoms with van der Waals surface area (Å²) < 4.78 is 31.4. The standard InChI is InChI=1S/C16H21ClO3S/c1-12-5-8-14(9-6-12)21(18,19)16-10-7-13(2)20-15(16)4-3-11-17/h5-6,8-9,13H,3-4,7,10-11H2,1-2H3/t13-/m0/s1. The van der Waals surface area contributed by atoms with E-state index in [1.54, 1.807) is 12.1 Å². The topological polar surface area (TPSA) is 43.4 Å². The molecule has 0 aromatic heterocycles. The zero-order valence-electron chi connectivity index (χ0n) is 12.4. The second-order valence-corrected chi connectivity index (χ2v) is 7.77. The Hall–Kier alpha value is -1.00. The molecule has 1 heterocycles. The first-order valence-electron chi connectivity index (χ1n) is 7.21. The predicted octanol–water partition coefficient (Wildman–Crippen LogP) is 4.20. The summed E-state index contributed by atoms with van der Waals surface area (Å²) in [5, 5.41) is 0. The first-order valence-corrected chi connectivity index (χ1v) is 9.23. The molecule has 0 radical (unpaired) electrons. The summed E-state index contributed by atoms with van der Waals surface area (Å²) in [5.74, 6) is 1.09. The summed E-state index contributed by atoms with van der Waals surface area (Å²) in [6.07, 6.45) is 2.62. The Morgan fingerprint density at radius 1 is 1.29 bits per heavy atom. The first-order chi connectivity index (χ1) is 9.95. The largest absolute Gasteiger partial charge is 0.494 e. The molecule has 116 valence electrons. The fourth-order valence-electron chi connectivity index (χ4n) is 2.41. The van der Waals surface area contributed by atoms with Gasteiger partial charge < -0.3 is 4.74 Å². The fraction of sp³-hybridized carbons (Fsp3) is 0.500. The van der Waals surface area contributed by atoms with E-state index in [1.165, 1.54) is 0 Å². The lowest BCUT2D eigenvalue weighted by Gasteiger charge is -2.26. The fourth-order valence-corrected chi connectivity index (χ4v) is 4.16. The van der Waals surface area contributed by atoms with Crippen LogP contribution in [-0.4, -0.2) is 20.4 Å². The molecule has 0 unspecified atom stereocenters. The quantitative estimate of drug-likeness (QED) is 0.761. The number of rotatable bonds is 5. The van der Waals surface area contributed by atoms with Gasteiger partial charge in [-0.15, -0.1) is 11.6 Å². The van der Waals surface area contributed by atoms with Crippen LogP contribution >= 0.6 is 11.6 Å².